The maximum Gasteiger partial charge on any atom is 0.291 e. The van der Waals surface area contributed by atoms with Gasteiger partial charge in [-0.1, -0.05) is 18.2 Å². The molecular formula is C17H21N3O2. The van der Waals surface area contributed by atoms with Crippen LogP contribution in [0.25, 0.3) is 11.5 Å². The van der Waals surface area contributed by atoms with Crippen molar-refractivity contribution >= 4 is 5.91 Å². The van der Waals surface area contributed by atoms with Gasteiger partial charge in [0, 0.05) is 18.7 Å². The summed E-state index contributed by atoms with van der Waals surface area (Å²) < 4.78 is 5.75. The van der Waals surface area contributed by atoms with E-state index in [1.807, 2.05) is 49.2 Å². The van der Waals surface area contributed by atoms with Gasteiger partial charge in [0.25, 0.3) is 5.91 Å². The second-order valence-corrected chi connectivity index (χ2v) is 5.76. The number of carbonyl (C=O) groups is 1. The highest BCUT2D eigenvalue weighted by Crippen LogP contribution is 2.24. The minimum atomic E-state index is -0.0502. The molecule has 2 heterocycles. The fourth-order valence-corrected chi connectivity index (χ4v) is 2.92. The van der Waals surface area contributed by atoms with E-state index in [1.54, 1.807) is 0 Å². The lowest BCUT2D eigenvalue weighted by Gasteiger charge is -2.15. The first-order valence-electron chi connectivity index (χ1n) is 7.65. The first-order valence-corrected chi connectivity index (χ1v) is 7.65. The van der Waals surface area contributed by atoms with Crippen LogP contribution in [0.15, 0.2) is 34.7 Å². The molecule has 3 rings (SSSR count). The number of benzene rings is 1. The zero-order valence-corrected chi connectivity index (χ0v) is 13.0. The number of likely N-dealkylation sites (tertiary alicyclic amines) is 1. The zero-order chi connectivity index (χ0) is 15.5. The van der Waals surface area contributed by atoms with Gasteiger partial charge in [0.1, 0.15) is 0 Å². The van der Waals surface area contributed by atoms with Crippen molar-refractivity contribution in [3.05, 3.63) is 41.8 Å². The molecule has 1 aliphatic heterocycles. The minimum absolute atomic E-state index is 0.0502. The molecule has 1 aliphatic rings. The van der Waals surface area contributed by atoms with Crippen molar-refractivity contribution in [2.45, 2.75) is 13.3 Å². The molecule has 0 radical (unpaired) electrons. The summed E-state index contributed by atoms with van der Waals surface area (Å²) in [6.07, 6.45) is 1.03. The summed E-state index contributed by atoms with van der Waals surface area (Å²) in [6.45, 7) is 4.32. The molecular weight excluding hydrogens is 278 g/mol. The van der Waals surface area contributed by atoms with Crippen LogP contribution < -0.4 is 5.32 Å². The number of hydrogen-bond acceptors (Lipinski definition) is 4. The summed E-state index contributed by atoms with van der Waals surface area (Å²) >= 11 is 0. The lowest BCUT2D eigenvalue weighted by molar-refractivity contribution is 0.0755. The van der Waals surface area contributed by atoms with Crippen LogP contribution in [0, 0.1) is 12.8 Å². The van der Waals surface area contributed by atoms with Gasteiger partial charge in [-0.05, 0) is 45.0 Å². The molecule has 116 valence electrons. The van der Waals surface area contributed by atoms with Gasteiger partial charge in [-0.25, -0.2) is 4.98 Å². The quantitative estimate of drug-likeness (QED) is 0.941. The summed E-state index contributed by atoms with van der Waals surface area (Å²) in [7, 11) is 1.94. The standard InChI is InChI=1S/C17H21N3O2/c1-12-15(17(21)20-9-8-13(11-20)10-18-2)22-16(19-12)14-6-4-3-5-7-14/h3-7,13,18H,8-11H2,1-2H3/t13-/m0/s1. The predicted molar refractivity (Wildman–Crippen MR) is 84.6 cm³/mol. The van der Waals surface area contributed by atoms with Gasteiger partial charge in [-0.3, -0.25) is 4.79 Å². The molecule has 1 fully saturated rings. The summed E-state index contributed by atoms with van der Waals surface area (Å²) in [5.74, 6) is 1.34. The third-order valence-corrected chi connectivity index (χ3v) is 4.08. The summed E-state index contributed by atoms with van der Waals surface area (Å²) in [4.78, 5) is 18.9. The number of aromatic nitrogens is 1. The number of hydrogen-bond donors (Lipinski definition) is 1. The monoisotopic (exact) mass is 299 g/mol. The molecule has 5 nitrogen and oxygen atoms in total. The van der Waals surface area contributed by atoms with E-state index in [0.29, 0.717) is 23.3 Å². The van der Waals surface area contributed by atoms with Gasteiger partial charge >= 0.3 is 0 Å². The fourth-order valence-electron chi connectivity index (χ4n) is 2.92. The van der Waals surface area contributed by atoms with E-state index < -0.39 is 0 Å². The van der Waals surface area contributed by atoms with Crippen LogP contribution in [0.1, 0.15) is 22.7 Å². The van der Waals surface area contributed by atoms with Crippen molar-refractivity contribution in [2.75, 3.05) is 26.7 Å². The number of carbonyl (C=O) groups excluding carboxylic acids is 1. The van der Waals surface area contributed by atoms with E-state index >= 15 is 0 Å². The molecule has 0 spiro atoms. The number of rotatable bonds is 4. The van der Waals surface area contributed by atoms with E-state index in [2.05, 4.69) is 10.3 Å². The first-order chi connectivity index (χ1) is 10.7. The average molecular weight is 299 g/mol. The van der Waals surface area contributed by atoms with Crippen LogP contribution in [0.5, 0.6) is 0 Å². The molecule has 0 unspecified atom stereocenters. The third-order valence-electron chi connectivity index (χ3n) is 4.08. The Bertz CT molecular complexity index is 651. The SMILES string of the molecule is CNC[C@@H]1CCN(C(=O)c2oc(-c3ccccc3)nc2C)C1. The maximum atomic E-state index is 12.6. The largest absolute Gasteiger partial charge is 0.431 e. The van der Waals surface area contributed by atoms with Gasteiger partial charge in [-0.15, -0.1) is 0 Å². The topological polar surface area (TPSA) is 58.4 Å². The van der Waals surface area contributed by atoms with Crippen LogP contribution in [0.2, 0.25) is 0 Å². The number of nitrogens with one attached hydrogen (secondary N) is 1. The number of nitrogens with zero attached hydrogens (tertiary/aromatic N) is 2. The van der Waals surface area contributed by atoms with Crippen molar-refractivity contribution < 1.29 is 9.21 Å². The number of amides is 1. The highest BCUT2D eigenvalue weighted by molar-refractivity contribution is 5.93. The van der Waals surface area contributed by atoms with Crippen molar-refractivity contribution in [1.82, 2.24) is 15.2 Å². The van der Waals surface area contributed by atoms with Crippen molar-refractivity contribution in [2.24, 2.45) is 5.92 Å². The Kier molecular flexibility index (Phi) is 4.24. The van der Waals surface area contributed by atoms with E-state index in [4.69, 9.17) is 4.42 Å². The Morgan fingerprint density at radius 2 is 2.18 bits per heavy atom. The van der Waals surface area contributed by atoms with Crippen molar-refractivity contribution in [3.8, 4) is 11.5 Å². The summed E-state index contributed by atoms with van der Waals surface area (Å²) in [6, 6.07) is 9.66. The van der Waals surface area contributed by atoms with Crippen LogP contribution in [0.4, 0.5) is 0 Å². The minimum Gasteiger partial charge on any atom is -0.431 e. The predicted octanol–water partition coefficient (Wildman–Crippen LogP) is 2.33. The fraction of sp³-hybridized carbons (Fsp3) is 0.412. The van der Waals surface area contributed by atoms with Gasteiger partial charge in [0.05, 0.1) is 5.69 Å². The van der Waals surface area contributed by atoms with Gasteiger partial charge < -0.3 is 14.6 Å². The lowest BCUT2D eigenvalue weighted by atomic mass is 10.1. The second kappa shape index (κ2) is 6.32. The number of aryl methyl sites for hydroxylation is 1. The molecule has 1 amide bonds. The smallest absolute Gasteiger partial charge is 0.291 e. The van der Waals surface area contributed by atoms with Crippen LogP contribution >= 0.6 is 0 Å². The van der Waals surface area contributed by atoms with E-state index in [0.717, 1.165) is 31.6 Å². The molecule has 1 atom stereocenters. The Labute approximate surface area is 130 Å². The van der Waals surface area contributed by atoms with Gasteiger partial charge in [0.2, 0.25) is 11.7 Å². The van der Waals surface area contributed by atoms with E-state index in [9.17, 15) is 4.79 Å². The molecule has 5 heteroatoms. The molecule has 22 heavy (non-hydrogen) atoms. The Balaban J connectivity index is 1.78. The van der Waals surface area contributed by atoms with Crippen molar-refractivity contribution in [3.63, 3.8) is 0 Å². The summed E-state index contributed by atoms with van der Waals surface area (Å²) in [5.41, 5.74) is 1.54. The van der Waals surface area contributed by atoms with Gasteiger partial charge in [-0.2, -0.15) is 0 Å². The zero-order valence-electron chi connectivity index (χ0n) is 13.0. The molecule has 0 aliphatic carbocycles. The average Bonchev–Trinajstić information content (AvgIpc) is 3.15. The normalized spacial score (nSPS) is 17.9. The molecule has 1 aromatic heterocycles. The molecule has 1 saturated heterocycles. The van der Waals surface area contributed by atoms with Gasteiger partial charge in [0.15, 0.2) is 0 Å². The highest BCUT2D eigenvalue weighted by Gasteiger charge is 2.30. The second-order valence-electron chi connectivity index (χ2n) is 5.76. The molecule has 0 bridgehead atoms. The molecule has 0 saturated carbocycles. The van der Waals surface area contributed by atoms with E-state index in [-0.39, 0.29) is 5.91 Å². The number of oxazole rings is 1. The maximum absolute atomic E-state index is 12.6. The first kappa shape index (κ1) is 14.8. The Morgan fingerprint density at radius 3 is 2.91 bits per heavy atom. The third kappa shape index (κ3) is 2.90. The van der Waals surface area contributed by atoms with Crippen molar-refractivity contribution in [1.29, 1.82) is 0 Å². The summed E-state index contributed by atoms with van der Waals surface area (Å²) in [5, 5.41) is 3.17. The van der Waals surface area contributed by atoms with Crippen LogP contribution in [-0.4, -0.2) is 42.5 Å². The lowest BCUT2D eigenvalue weighted by Crippen LogP contribution is -2.30. The Hall–Kier alpha value is -2.14. The van der Waals surface area contributed by atoms with Crippen LogP contribution in [-0.2, 0) is 0 Å². The Morgan fingerprint density at radius 1 is 1.41 bits per heavy atom. The molecule has 1 aromatic carbocycles. The highest BCUT2D eigenvalue weighted by atomic mass is 16.4. The van der Waals surface area contributed by atoms with Crippen LogP contribution in [0.3, 0.4) is 0 Å². The molecule has 1 N–H and O–H groups in total. The molecule has 2 aromatic rings. The van der Waals surface area contributed by atoms with E-state index in [1.165, 1.54) is 0 Å².